The first kappa shape index (κ1) is 20.8. The van der Waals surface area contributed by atoms with E-state index < -0.39 is 28.9 Å². The fourth-order valence-electron chi connectivity index (χ4n) is 2.73. The predicted molar refractivity (Wildman–Crippen MR) is 99.1 cm³/mol. The van der Waals surface area contributed by atoms with Gasteiger partial charge in [0.2, 0.25) is 0 Å². The minimum Gasteiger partial charge on any atom is -0.496 e. The molecule has 2 rings (SSSR count). The number of rotatable bonds is 9. The van der Waals surface area contributed by atoms with Crippen molar-refractivity contribution in [3.05, 3.63) is 69.8 Å². The van der Waals surface area contributed by atoms with Crippen molar-refractivity contribution in [3.8, 4) is 5.75 Å². The predicted octanol–water partition coefficient (Wildman–Crippen LogP) is 2.10. The Bertz CT molecular complexity index is 855. The molecule has 2 N–H and O–H groups in total. The molecular weight excluding hydrogens is 368 g/mol. The summed E-state index contributed by atoms with van der Waals surface area (Å²) in [5.74, 6) is -1.63. The number of nitro benzene ring substituents is 1. The van der Waals surface area contributed by atoms with Crippen molar-refractivity contribution in [2.24, 2.45) is 0 Å². The van der Waals surface area contributed by atoms with Gasteiger partial charge in [-0.3, -0.25) is 14.9 Å². The van der Waals surface area contributed by atoms with E-state index in [1.165, 1.54) is 32.4 Å². The van der Waals surface area contributed by atoms with E-state index >= 15 is 0 Å². The van der Waals surface area contributed by atoms with Gasteiger partial charge in [-0.25, -0.2) is 4.79 Å². The van der Waals surface area contributed by atoms with E-state index in [1.807, 2.05) is 0 Å². The molecule has 0 aromatic heterocycles. The number of nitro groups is 1. The number of non-ortho nitro benzene ring substituents is 1. The highest BCUT2D eigenvalue weighted by atomic mass is 16.6. The van der Waals surface area contributed by atoms with Gasteiger partial charge in [0, 0.05) is 31.2 Å². The van der Waals surface area contributed by atoms with Crippen LogP contribution in [0.4, 0.5) is 5.69 Å². The lowest BCUT2D eigenvalue weighted by Gasteiger charge is -2.20. The molecule has 0 saturated heterocycles. The molecule has 9 nitrogen and oxygen atoms in total. The summed E-state index contributed by atoms with van der Waals surface area (Å²) < 4.78 is 10.4. The molecule has 0 aliphatic heterocycles. The maximum atomic E-state index is 12.6. The molecule has 9 heteroatoms. The number of nitrogens with one attached hydrogen (secondary N) is 1. The molecular formula is C19H20N2O7. The van der Waals surface area contributed by atoms with Crippen molar-refractivity contribution >= 4 is 17.6 Å². The van der Waals surface area contributed by atoms with Crippen molar-refractivity contribution in [2.45, 2.75) is 18.6 Å². The second-order valence-electron chi connectivity index (χ2n) is 5.88. The summed E-state index contributed by atoms with van der Waals surface area (Å²) in [7, 11) is 2.71. The third kappa shape index (κ3) is 5.04. The summed E-state index contributed by atoms with van der Waals surface area (Å²) in [6.07, 6.45) is -1.19. The Hall–Kier alpha value is -3.46. The van der Waals surface area contributed by atoms with Gasteiger partial charge < -0.3 is 19.9 Å². The fraction of sp³-hybridized carbons (Fsp3) is 0.263. The molecule has 2 aromatic carbocycles. The summed E-state index contributed by atoms with van der Waals surface area (Å²) in [5.41, 5.74) is 0.656. The Morgan fingerprint density at radius 3 is 2.39 bits per heavy atom. The zero-order chi connectivity index (χ0) is 20.7. The van der Waals surface area contributed by atoms with Crippen molar-refractivity contribution in [2.75, 3.05) is 14.2 Å². The molecule has 0 aliphatic rings. The van der Waals surface area contributed by atoms with Crippen molar-refractivity contribution < 1.29 is 29.1 Å². The topological polar surface area (TPSA) is 128 Å². The van der Waals surface area contributed by atoms with E-state index in [1.54, 1.807) is 30.3 Å². The standard InChI is InChI=1S/C19H20N2O7/c1-27-16-9-8-14(21(25)26)10-13(16)11-15(19(23)24)20-18(22)17(28-2)12-6-4-3-5-7-12/h3-10,15,17H,11H2,1-2H3,(H,20,22)(H,23,24)/t15-,17+/m0/s1. The number of nitrogens with zero attached hydrogens (tertiary/aromatic N) is 1. The number of hydrogen-bond donors (Lipinski definition) is 2. The quantitative estimate of drug-likeness (QED) is 0.497. The molecule has 0 heterocycles. The van der Waals surface area contributed by atoms with Gasteiger partial charge in [0.25, 0.3) is 11.6 Å². The average molecular weight is 388 g/mol. The molecule has 2 atom stereocenters. The highest BCUT2D eigenvalue weighted by Crippen LogP contribution is 2.25. The summed E-state index contributed by atoms with van der Waals surface area (Å²) in [6.45, 7) is 0. The highest BCUT2D eigenvalue weighted by Gasteiger charge is 2.28. The third-order valence-corrected chi connectivity index (χ3v) is 4.09. The van der Waals surface area contributed by atoms with E-state index in [4.69, 9.17) is 9.47 Å². The van der Waals surface area contributed by atoms with Crippen LogP contribution in [0.3, 0.4) is 0 Å². The second kappa shape index (κ2) is 9.47. The number of carbonyl (C=O) groups excluding carboxylic acids is 1. The SMILES string of the molecule is COc1ccc([N+](=O)[O-])cc1C[C@H](NC(=O)[C@H](OC)c1ccccc1)C(=O)O. The lowest BCUT2D eigenvalue weighted by Crippen LogP contribution is -2.44. The normalized spacial score (nSPS) is 12.6. The summed E-state index contributed by atoms with van der Waals surface area (Å²) in [5, 5.41) is 22.9. The summed E-state index contributed by atoms with van der Waals surface area (Å²) >= 11 is 0. The fourth-order valence-corrected chi connectivity index (χ4v) is 2.73. The Morgan fingerprint density at radius 2 is 1.86 bits per heavy atom. The Morgan fingerprint density at radius 1 is 1.18 bits per heavy atom. The largest absolute Gasteiger partial charge is 0.496 e. The number of hydrogen-bond acceptors (Lipinski definition) is 6. The minimum absolute atomic E-state index is 0.197. The van der Waals surface area contributed by atoms with Gasteiger partial charge in [-0.1, -0.05) is 30.3 Å². The lowest BCUT2D eigenvalue weighted by atomic mass is 10.0. The van der Waals surface area contributed by atoms with Crippen LogP contribution in [0.1, 0.15) is 17.2 Å². The van der Waals surface area contributed by atoms with Crippen LogP contribution in [0.5, 0.6) is 5.75 Å². The van der Waals surface area contributed by atoms with Crippen LogP contribution in [0.2, 0.25) is 0 Å². The number of aliphatic carboxylic acids is 1. The monoisotopic (exact) mass is 388 g/mol. The van der Waals surface area contributed by atoms with E-state index in [0.717, 1.165) is 0 Å². The molecule has 0 spiro atoms. The molecule has 0 aliphatic carbocycles. The number of amides is 1. The van der Waals surface area contributed by atoms with Gasteiger partial charge in [0.15, 0.2) is 6.10 Å². The lowest BCUT2D eigenvalue weighted by molar-refractivity contribution is -0.384. The molecule has 2 aromatic rings. The Balaban J connectivity index is 2.24. The number of carboxylic acid groups (broad SMARTS) is 1. The van der Waals surface area contributed by atoms with E-state index in [0.29, 0.717) is 5.56 Å². The molecule has 0 bridgehead atoms. The smallest absolute Gasteiger partial charge is 0.326 e. The number of carboxylic acids is 1. The molecule has 28 heavy (non-hydrogen) atoms. The van der Waals surface area contributed by atoms with E-state index in [2.05, 4.69) is 5.32 Å². The van der Waals surface area contributed by atoms with E-state index in [9.17, 15) is 24.8 Å². The zero-order valence-electron chi connectivity index (χ0n) is 15.3. The van der Waals surface area contributed by atoms with Crippen LogP contribution in [0.15, 0.2) is 48.5 Å². The zero-order valence-corrected chi connectivity index (χ0v) is 15.3. The first-order valence-corrected chi connectivity index (χ1v) is 8.29. The van der Waals surface area contributed by atoms with Crippen molar-refractivity contribution in [1.29, 1.82) is 0 Å². The van der Waals surface area contributed by atoms with Gasteiger partial charge in [0.05, 0.1) is 12.0 Å². The summed E-state index contributed by atoms with van der Waals surface area (Å²) in [6, 6.07) is 11.2. The first-order chi connectivity index (χ1) is 13.4. The maximum Gasteiger partial charge on any atom is 0.326 e. The van der Waals surface area contributed by atoms with Gasteiger partial charge in [-0.2, -0.15) is 0 Å². The van der Waals surface area contributed by atoms with Crippen LogP contribution in [-0.4, -0.2) is 42.2 Å². The number of ether oxygens (including phenoxy) is 2. The van der Waals surface area contributed by atoms with Gasteiger partial charge in [-0.15, -0.1) is 0 Å². The molecule has 148 valence electrons. The maximum absolute atomic E-state index is 12.6. The van der Waals surface area contributed by atoms with E-state index in [-0.39, 0.29) is 23.4 Å². The van der Waals surface area contributed by atoms with Crippen molar-refractivity contribution in [3.63, 3.8) is 0 Å². The van der Waals surface area contributed by atoms with Crippen LogP contribution in [-0.2, 0) is 20.7 Å². The van der Waals surface area contributed by atoms with Gasteiger partial charge in [0.1, 0.15) is 11.8 Å². The van der Waals surface area contributed by atoms with Gasteiger partial charge in [-0.05, 0) is 11.6 Å². The average Bonchev–Trinajstić information content (AvgIpc) is 2.68. The van der Waals surface area contributed by atoms with Gasteiger partial charge >= 0.3 is 5.97 Å². The van der Waals surface area contributed by atoms with Crippen LogP contribution >= 0.6 is 0 Å². The van der Waals surface area contributed by atoms with Crippen LogP contribution < -0.4 is 10.1 Å². The van der Waals surface area contributed by atoms with Crippen LogP contribution in [0.25, 0.3) is 0 Å². The highest BCUT2D eigenvalue weighted by molar-refractivity contribution is 5.87. The molecule has 1 amide bonds. The Kier molecular flexibility index (Phi) is 7.05. The molecule has 0 saturated carbocycles. The number of methoxy groups -OCH3 is 2. The summed E-state index contributed by atoms with van der Waals surface area (Å²) in [4.78, 5) is 34.7. The minimum atomic E-state index is -1.33. The number of carbonyl (C=O) groups is 2. The molecule has 0 radical (unpaired) electrons. The number of benzene rings is 2. The first-order valence-electron chi connectivity index (χ1n) is 8.29. The van der Waals surface area contributed by atoms with Crippen LogP contribution in [0, 0.1) is 10.1 Å². The molecule has 0 fully saturated rings. The van der Waals surface area contributed by atoms with Crippen molar-refractivity contribution in [1.82, 2.24) is 5.32 Å². The second-order valence-corrected chi connectivity index (χ2v) is 5.88. The Labute approximate surface area is 161 Å². The third-order valence-electron chi connectivity index (χ3n) is 4.09. The molecule has 0 unspecified atom stereocenters.